The molecule has 18 heavy (non-hydrogen) atoms. The van der Waals surface area contributed by atoms with Gasteiger partial charge in [-0.1, -0.05) is 5.16 Å². The molecule has 0 radical (unpaired) electrons. The highest BCUT2D eigenvalue weighted by molar-refractivity contribution is 5.95. The summed E-state index contributed by atoms with van der Waals surface area (Å²) in [7, 11) is 2.11. The SMILES string of the molecule is CN(CCOc1ccnc(/C(N)=N/O)c1)C1CC1. The van der Waals surface area contributed by atoms with Gasteiger partial charge in [0, 0.05) is 24.8 Å². The van der Waals surface area contributed by atoms with E-state index >= 15 is 0 Å². The second-order valence-electron chi connectivity index (χ2n) is 4.42. The van der Waals surface area contributed by atoms with Gasteiger partial charge in [-0.3, -0.25) is 4.98 Å². The van der Waals surface area contributed by atoms with Crippen LogP contribution in [-0.2, 0) is 0 Å². The molecular weight excluding hydrogens is 232 g/mol. The fraction of sp³-hybridized carbons (Fsp3) is 0.500. The molecule has 0 aliphatic heterocycles. The third-order valence-electron chi connectivity index (χ3n) is 2.98. The molecule has 0 unspecified atom stereocenters. The number of pyridine rings is 1. The average molecular weight is 250 g/mol. The Morgan fingerprint density at radius 3 is 3.11 bits per heavy atom. The van der Waals surface area contributed by atoms with Crippen LogP contribution in [0, 0.1) is 0 Å². The lowest BCUT2D eigenvalue weighted by Gasteiger charge is -2.15. The zero-order valence-electron chi connectivity index (χ0n) is 10.4. The molecule has 98 valence electrons. The van der Waals surface area contributed by atoms with Crippen LogP contribution < -0.4 is 10.5 Å². The molecule has 6 nitrogen and oxygen atoms in total. The van der Waals surface area contributed by atoms with Crippen LogP contribution in [0.15, 0.2) is 23.5 Å². The van der Waals surface area contributed by atoms with Crippen molar-refractivity contribution in [3.63, 3.8) is 0 Å². The first-order valence-electron chi connectivity index (χ1n) is 5.97. The van der Waals surface area contributed by atoms with Crippen molar-refractivity contribution < 1.29 is 9.94 Å². The van der Waals surface area contributed by atoms with Crippen LogP contribution in [0.4, 0.5) is 0 Å². The standard InChI is InChI=1S/C12H18N4O2/c1-16(9-2-3-9)6-7-18-10-4-5-14-11(8-10)12(13)15-17/h4-5,8-9,17H,2-3,6-7H2,1H3,(H2,13,15). The van der Waals surface area contributed by atoms with E-state index in [0.29, 0.717) is 18.1 Å². The molecule has 0 amide bonds. The lowest BCUT2D eigenvalue weighted by Crippen LogP contribution is -2.26. The molecule has 6 heteroatoms. The van der Waals surface area contributed by atoms with Gasteiger partial charge < -0.3 is 20.6 Å². The van der Waals surface area contributed by atoms with Gasteiger partial charge in [-0.15, -0.1) is 0 Å². The van der Waals surface area contributed by atoms with Gasteiger partial charge in [0.25, 0.3) is 0 Å². The van der Waals surface area contributed by atoms with E-state index in [1.54, 1.807) is 18.3 Å². The zero-order valence-corrected chi connectivity index (χ0v) is 10.4. The van der Waals surface area contributed by atoms with Crippen molar-refractivity contribution in [3.05, 3.63) is 24.0 Å². The summed E-state index contributed by atoms with van der Waals surface area (Å²) >= 11 is 0. The van der Waals surface area contributed by atoms with Crippen LogP contribution in [0.1, 0.15) is 18.5 Å². The largest absolute Gasteiger partial charge is 0.492 e. The highest BCUT2D eigenvalue weighted by Crippen LogP contribution is 2.24. The smallest absolute Gasteiger partial charge is 0.188 e. The Kier molecular flexibility index (Phi) is 3.99. The molecule has 0 saturated heterocycles. The van der Waals surface area contributed by atoms with E-state index < -0.39 is 0 Å². The van der Waals surface area contributed by atoms with E-state index in [0.717, 1.165) is 12.6 Å². The number of hydrogen-bond acceptors (Lipinski definition) is 5. The number of likely N-dealkylation sites (N-methyl/N-ethyl adjacent to an activating group) is 1. The van der Waals surface area contributed by atoms with Crippen molar-refractivity contribution in [1.29, 1.82) is 0 Å². The van der Waals surface area contributed by atoms with Gasteiger partial charge >= 0.3 is 0 Å². The van der Waals surface area contributed by atoms with Gasteiger partial charge in [0.1, 0.15) is 18.1 Å². The summed E-state index contributed by atoms with van der Waals surface area (Å²) in [4.78, 5) is 6.28. The minimum absolute atomic E-state index is 0.0180. The summed E-state index contributed by atoms with van der Waals surface area (Å²) in [6, 6.07) is 4.15. The molecule has 1 aliphatic rings. The molecular formula is C12H18N4O2. The number of hydrogen-bond donors (Lipinski definition) is 2. The minimum atomic E-state index is -0.0180. The van der Waals surface area contributed by atoms with Crippen LogP contribution in [0.25, 0.3) is 0 Å². The molecule has 1 aromatic heterocycles. The summed E-state index contributed by atoms with van der Waals surface area (Å²) in [5, 5.41) is 11.5. The van der Waals surface area contributed by atoms with E-state index in [4.69, 9.17) is 15.7 Å². The van der Waals surface area contributed by atoms with Crippen LogP contribution in [-0.4, -0.2) is 47.2 Å². The van der Waals surface area contributed by atoms with Crippen LogP contribution in [0.3, 0.4) is 0 Å². The van der Waals surface area contributed by atoms with Crippen molar-refractivity contribution in [2.24, 2.45) is 10.9 Å². The predicted octanol–water partition coefficient (Wildman–Crippen LogP) is 0.649. The Labute approximate surface area is 106 Å². The van der Waals surface area contributed by atoms with E-state index in [1.165, 1.54) is 12.8 Å². The number of aromatic nitrogens is 1. The third kappa shape index (κ3) is 3.33. The van der Waals surface area contributed by atoms with Gasteiger partial charge in [-0.05, 0) is 26.0 Å². The second-order valence-corrected chi connectivity index (χ2v) is 4.42. The van der Waals surface area contributed by atoms with Crippen molar-refractivity contribution in [1.82, 2.24) is 9.88 Å². The summed E-state index contributed by atoms with van der Waals surface area (Å²) in [5.41, 5.74) is 5.87. The van der Waals surface area contributed by atoms with Crippen molar-refractivity contribution >= 4 is 5.84 Å². The van der Waals surface area contributed by atoms with Gasteiger partial charge in [0.15, 0.2) is 5.84 Å². The number of ether oxygens (including phenoxy) is 1. The van der Waals surface area contributed by atoms with Crippen molar-refractivity contribution in [3.8, 4) is 5.75 Å². The molecule has 0 aromatic carbocycles. The number of nitrogens with two attached hydrogens (primary N) is 1. The Morgan fingerprint density at radius 2 is 2.44 bits per heavy atom. The Balaban J connectivity index is 1.85. The highest BCUT2D eigenvalue weighted by atomic mass is 16.5. The highest BCUT2D eigenvalue weighted by Gasteiger charge is 2.25. The minimum Gasteiger partial charge on any atom is -0.492 e. The quantitative estimate of drug-likeness (QED) is 0.335. The summed E-state index contributed by atoms with van der Waals surface area (Å²) in [5.74, 6) is 0.659. The third-order valence-corrected chi connectivity index (χ3v) is 2.98. The molecule has 3 N–H and O–H groups in total. The summed E-state index contributed by atoms with van der Waals surface area (Å²) in [6.07, 6.45) is 4.16. The Bertz CT molecular complexity index is 432. The molecule has 0 bridgehead atoms. The topological polar surface area (TPSA) is 84.0 Å². The van der Waals surface area contributed by atoms with Crippen LogP contribution in [0.2, 0.25) is 0 Å². The lowest BCUT2D eigenvalue weighted by molar-refractivity contribution is 0.231. The van der Waals surface area contributed by atoms with Gasteiger partial charge in [0.2, 0.25) is 0 Å². The normalized spacial score (nSPS) is 16.0. The molecule has 1 aromatic rings. The molecule has 1 saturated carbocycles. The summed E-state index contributed by atoms with van der Waals surface area (Å²) in [6.45, 7) is 1.51. The van der Waals surface area contributed by atoms with Gasteiger partial charge in [-0.2, -0.15) is 0 Å². The van der Waals surface area contributed by atoms with E-state index in [1.807, 2.05) is 0 Å². The Morgan fingerprint density at radius 1 is 1.67 bits per heavy atom. The zero-order chi connectivity index (χ0) is 13.0. The van der Waals surface area contributed by atoms with Crippen LogP contribution in [0.5, 0.6) is 5.75 Å². The van der Waals surface area contributed by atoms with Crippen molar-refractivity contribution in [2.45, 2.75) is 18.9 Å². The number of amidine groups is 1. The first-order chi connectivity index (χ1) is 8.70. The first kappa shape index (κ1) is 12.6. The monoisotopic (exact) mass is 250 g/mol. The first-order valence-corrected chi connectivity index (χ1v) is 5.97. The summed E-state index contributed by atoms with van der Waals surface area (Å²) < 4.78 is 5.62. The second kappa shape index (κ2) is 5.68. The number of nitrogens with zero attached hydrogens (tertiary/aromatic N) is 3. The average Bonchev–Trinajstić information content (AvgIpc) is 3.22. The maximum atomic E-state index is 8.57. The van der Waals surface area contributed by atoms with Gasteiger partial charge in [0.05, 0.1) is 0 Å². The maximum Gasteiger partial charge on any atom is 0.188 e. The molecule has 1 heterocycles. The fourth-order valence-electron chi connectivity index (χ4n) is 1.70. The molecule has 0 atom stereocenters. The lowest BCUT2D eigenvalue weighted by atomic mass is 10.3. The van der Waals surface area contributed by atoms with Crippen LogP contribution >= 0.6 is 0 Å². The number of rotatable bonds is 6. The van der Waals surface area contributed by atoms with Gasteiger partial charge in [-0.25, -0.2) is 0 Å². The molecule has 1 aliphatic carbocycles. The van der Waals surface area contributed by atoms with E-state index in [-0.39, 0.29) is 5.84 Å². The predicted molar refractivity (Wildman–Crippen MR) is 67.9 cm³/mol. The Hall–Kier alpha value is -1.82. The number of oxime groups is 1. The molecule has 0 spiro atoms. The molecule has 2 rings (SSSR count). The van der Waals surface area contributed by atoms with Crippen molar-refractivity contribution in [2.75, 3.05) is 20.2 Å². The van der Waals surface area contributed by atoms with E-state index in [2.05, 4.69) is 22.1 Å². The molecule has 1 fully saturated rings. The van der Waals surface area contributed by atoms with E-state index in [9.17, 15) is 0 Å². The maximum absolute atomic E-state index is 8.57. The fourth-order valence-corrected chi connectivity index (χ4v) is 1.70.